The van der Waals surface area contributed by atoms with Gasteiger partial charge in [0.05, 0.1) is 0 Å². The van der Waals surface area contributed by atoms with E-state index in [2.05, 4.69) is 5.32 Å². The fourth-order valence-corrected chi connectivity index (χ4v) is 6.65. The minimum atomic E-state index is -0.718. The normalized spacial score (nSPS) is 30.6. The van der Waals surface area contributed by atoms with Crippen LogP contribution in [0.3, 0.4) is 0 Å². The first-order chi connectivity index (χ1) is 14.0. The van der Waals surface area contributed by atoms with Gasteiger partial charge in [-0.25, -0.2) is 4.79 Å². The van der Waals surface area contributed by atoms with Crippen molar-refractivity contribution >= 4 is 17.8 Å². The molecule has 4 aliphatic rings. The zero-order valence-electron chi connectivity index (χ0n) is 19.6. The first-order valence-corrected chi connectivity index (χ1v) is 11.8. The lowest BCUT2D eigenvalue weighted by Gasteiger charge is -2.55. The minimum Gasteiger partial charge on any atom is -0.454 e. The van der Waals surface area contributed by atoms with E-state index in [4.69, 9.17) is 4.74 Å². The molecule has 0 saturated heterocycles. The predicted molar refractivity (Wildman–Crippen MR) is 115 cm³/mol. The second kappa shape index (κ2) is 8.88. The summed E-state index contributed by atoms with van der Waals surface area (Å²) in [6.07, 6.45) is 6.69. The first-order valence-electron chi connectivity index (χ1n) is 11.8. The lowest BCUT2D eigenvalue weighted by atomic mass is 9.49. The molecule has 4 aliphatic carbocycles. The van der Waals surface area contributed by atoms with Crippen LogP contribution in [-0.4, -0.2) is 47.4 Å². The molecule has 0 spiro atoms. The zero-order valence-corrected chi connectivity index (χ0v) is 19.6. The molecule has 0 heterocycles. The molecule has 0 radical (unpaired) electrons. The van der Waals surface area contributed by atoms with Gasteiger partial charge >= 0.3 is 5.97 Å². The molecule has 30 heavy (non-hydrogen) atoms. The van der Waals surface area contributed by atoms with E-state index in [1.165, 1.54) is 19.3 Å². The quantitative estimate of drug-likeness (QED) is 0.610. The Morgan fingerprint density at radius 1 is 0.900 bits per heavy atom. The van der Waals surface area contributed by atoms with Gasteiger partial charge in [-0.05, 0) is 89.9 Å². The van der Waals surface area contributed by atoms with Gasteiger partial charge < -0.3 is 15.0 Å². The number of nitrogens with one attached hydrogen (secondary N) is 1. The summed E-state index contributed by atoms with van der Waals surface area (Å²) < 4.78 is 5.38. The number of hydrogen-bond acceptors (Lipinski definition) is 4. The van der Waals surface area contributed by atoms with Crippen molar-refractivity contribution in [3.8, 4) is 0 Å². The summed E-state index contributed by atoms with van der Waals surface area (Å²) in [6.45, 7) is 11.3. The number of amides is 2. The molecule has 1 atom stereocenters. The van der Waals surface area contributed by atoms with Crippen LogP contribution in [-0.2, 0) is 19.1 Å². The molecule has 0 aromatic heterocycles. The summed E-state index contributed by atoms with van der Waals surface area (Å²) in [6, 6.07) is -0.648. The molecule has 1 N–H and O–H groups in total. The third-order valence-corrected chi connectivity index (χ3v) is 7.47. The van der Waals surface area contributed by atoms with E-state index in [0.29, 0.717) is 17.8 Å². The van der Waals surface area contributed by atoms with Gasteiger partial charge in [0.25, 0.3) is 5.91 Å². The van der Waals surface area contributed by atoms with Crippen LogP contribution in [0.4, 0.5) is 0 Å². The average Bonchev–Trinajstić information content (AvgIpc) is 2.61. The van der Waals surface area contributed by atoms with Gasteiger partial charge in [-0.2, -0.15) is 0 Å². The second-order valence-corrected chi connectivity index (χ2v) is 11.0. The van der Waals surface area contributed by atoms with Gasteiger partial charge in [0, 0.05) is 17.5 Å². The van der Waals surface area contributed by atoms with E-state index >= 15 is 0 Å². The van der Waals surface area contributed by atoms with Crippen molar-refractivity contribution in [2.75, 3.05) is 6.61 Å². The summed E-state index contributed by atoms with van der Waals surface area (Å²) >= 11 is 0. The number of carbonyl (C=O) groups is 3. The monoisotopic (exact) mass is 420 g/mol. The van der Waals surface area contributed by atoms with Crippen molar-refractivity contribution in [2.24, 2.45) is 29.1 Å². The molecular weight excluding hydrogens is 380 g/mol. The van der Waals surface area contributed by atoms with Crippen molar-refractivity contribution in [3.05, 3.63) is 0 Å². The number of esters is 1. The van der Waals surface area contributed by atoms with E-state index in [-0.39, 0.29) is 41.8 Å². The Bertz CT molecular complexity index is 627. The Morgan fingerprint density at radius 2 is 1.37 bits per heavy atom. The maximum absolute atomic E-state index is 13.3. The van der Waals surface area contributed by atoms with Crippen LogP contribution in [0.2, 0.25) is 0 Å². The van der Waals surface area contributed by atoms with Crippen LogP contribution in [0.1, 0.15) is 80.1 Å². The highest BCUT2D eigenvalue weighted by molar-refractivity contribution is 5.89. The Hall–Kier alpha value is -1.59. The lowest BCUT2D eigenvalue weighted by molar-refractivity contribution is -0.159. The zero-order chi connectivity index (χ0) is 22.2. The maximum atomic E-state index is 13.3. The van der Waals surface area contributed by atoms with E-state index < -0.39 is 12.0 Å². The van der Waals surface area contributed by atoms with Crippen LogP contribution in [0.15, 0.2) is 0 Å². The maximum Gasteiger partial charge on any atom is 0.329 e. The van der Waals surface area contributed by atoms with Crippen molar-refractivity contribution in [1.82, 2.24) is 10.2 Å². The average molecular weight is 421 g/mol. The molecule has 0 aliphatic heterocycles. The van der Waals surface area contributed by atoms with E-state index in [1.807, 2.05) is 41.5 Å². The predicted octanol–water partition coefficient (Wildman–Crippen LogP) is 3.53. The second-order valence-electron chi connectivity index (χ2n) is 11.0. The molecule has 4 rings (SSSR count). The molecule has 0 aromatic carbocycles. The lowest BCUT2D eigenvalue weighted by Crippen LogP contribution is -2.57. The van der Waals surface area contributed by atoms with Gasteiger partial charge in [-0.3, -0.25) is 9.59 Å². The molecule has 4 bridgehead atoms. The number of rotatable bonds is 8. The molecule has 6 heteroatoms. The Balaban J connectivity index is 1.61. The van der Waals surface area contributed by atoms with Crippen LogP contribution in [0, 0.1) is 29.1 Å². The molecule has 2 amide bonds. The summed E-state index contributed by atoms with van der Waals surface area (Å²) in [5.74, 6) is 1.21. The van der Waals surface area contributed by atoms with Crippen molar-refractivity contribution in [3.63, 3.8) is 0 Å². The largest absolute Gasteiger partial charge is 0.454 e. The fourth-order valence-electron chi connectivity index (χ4n) is 6.65. The Morgan fingerprint density at radius 3 is 1.77 bits per heavy atom. The third-order valence-electron chi connectivity index (χ3n) is 7.47. The molecule has 4 saturated carbocycles. The minimum absolute atomic E-state index is 0.0227. The van der Waals surface area contributed by atoms with E-state index in [1.54, 1.807) is 4.90 Å². The highest BCUT2D eigenvalue weighted by Crippen LogP contribution is 2.60. The number of ether oxygens (including phenoxy) is 1. The molecule has 4 fully saturated rings. The van der Waals surface area contributed by atoms with Gasteiger partial charge in [-0.15, -0.1) is 0 Å². The smallest absolute Gasteiger partial charge is 0.329 e. The molecule has 0 aromatic rings. The van der Waals surface area contributed by atoms with Crippen LogP contribution in [0.5, 0.6) is 0 Å². The number of carbonyl (C=O) groups excluding carboxylic acids is 3. The van der Waals surface area contributed by atoms with Gasteiger partial charge in [0.1, 0.15) is 6.04 Å². The van der Waals surface area contributed by atoms with Crippen molar-refractivity contribution in [1.29, 1.82) is 0 Å². The van der Waals surface area contributed by atoms with E-state index in [9.17, 15) is 14.4 Å². The Kier molecular flexibility index (Phi) is 6.83. The summed E-state index contributed by atoms with van der Waals surface area (Å²) in [5.41, 5.74) is -0.302. The third kappa shape index (κ3) is 4.67. The number of nitrogens with zero attached hydrogens (tertiary/aromatic N) is 1. The molecule has 0 unspecified atom stereocenters. The Labute approximate surface area is 181 Å². The summed E-state index contributed by atoms with van der Waals surface area (Å²) in [5, 5.41) is 3.03. The SMILES string of the molecule is CC(C)[C@@H](NC(=O)C12CC3CC(CC(C3)C1)C2)C(=O)OCC(=O)N(C(C)C)C(C)C. The topological polar surface area (TPSA) is 75.7 Å². The summed E-state index contributed by atoms with van der Waals surface area (Å²) in [4.78, 5) is 40.4. The highest BCUT2D eigenvalue weighted by atomic mass is 16.5. The van der Waals surface area contributed by atoms with E-state index in [0.717, 1.165) is 19.3 Å². The first kappa shape index (κ1) is 23.1. The van der Waals surface area contributed by atoms with Crippen LogP contribution in [0.25, 0.3) is 0 Å². The molecule has 170 valence electrons. The van der Waals surface area contributed by atoms with Gasteiger partial charge in [-0.1, -0.05) is 13.8 Å². The van der Waals surface area contributed by atoms with Gasteiger partial charge in [0.15, 0.2) is 6.61 Å². The molecule has 6 nitrogen and oxygen atoms in total. The number of hydrogen-bond donors (Lipinski definition) is 1. The molecular formula is C24H40N2O4. The standard InChI is InChI=1S/C24H40N2O4/c1-14(2)21(22(28)30-13-20(27)26(15(3)4)16(5)6)25-23(29)24-10-17-7-18(11-24)9-19(8-17)12-24/h14-19,21H,7-13H2,1-6H3,(H,25,29)/t17?,18?,19?,21-,24?/m1/s1. The van der Waals surface area contributed by atoms with Crippen molar-refractivity contribution < 1.29 is 19.1 Å². The van der Waals surface area contributed by atoms with Gasteiger partial charge in [0.2, 0.25) is 5.91 Å². The van der Waals surface area contributed by atoms with Crippen LogP contribution < -0.4 is 5.32 Å². The highest BCUT2D eigenvalue weighted by Gasteiger charge is 2.55. The van der Waals surface area contributed by atoms with Crippen LogP contribution >= 0.6 is 0 Å². The summed E-state index contributed by atoms with van der Waals surface area (Å²) in [7, 11) is 0. The van der Waals surface area contributed by atoms with Crippen molar-refractivity contribution in [2.45, 2.75) is 98.2 Å². The fraction of sp³-hybridized carbons (Fsp3) is 0.875.